The summed E-state index contributed by atoms with van der Waals surface area (Å²) in [4.78, 5) is 19.3. The molecular weight excluding hydrogens is 316 g/mol. The third-order valence-corrected chi connectivity index (χ3v) is 3.21. The number of benzene rings is 2. The number of hydrogen-bond donors (Lipinski definition) is 1. The first-order valence-electron chi connectivity index (χ1n) is 6.49. The molecule has 0 radical (unpaired) electrons. The second kappa shape index (κ2) is 6.48. The Morgan fingerprint density at radius 1 is 1.05 bits per heavy atom. The molecule has 3 nitrogen and oxygen atoms in total. The predicted molar refractivity (Wildman–Crippen MR) is 86.8 cm³/mol. The van der Waals surface area contributed by atoms with Crippen molar-refractivity contribution in [1.29, 1.82) is 0 Å². The first-order chi connectivity index (χ1) is 9.74. The average Bonchev–Trinajstić information content (AvgIpc) is 2.51. The SMILES string of the molecule is CC.O=c1[nH]c(-c2ccccc2)nc2ccc(Br)cc12. The van der Waals surface area contributed by atoms with Crippen LogP contribution >= 0.6 is 15.9 Å². The van der Waals surface area contributed by atoms with Gasteiger partial charge < -0.3 is 4.98 Å². The highest BCUT2D eigenvalue weighted by Crippen LogP contribution is 2.18. The highest BCUT2D eigenvalue weighted by Gasteiger charge is 2.05. The largest absolute Gasteiger partial charge is 0.306 e. The van der Waals surface area contributed by atoms with E-state index in [0.717, 1.165) is 10.0 Å². The van der Waals surface area contributed by atoms with Crippen molar-refractivity contribution in [2.24, 2.45) is 0 Å². The molecular formula is C16H15BrN2O. The lowest BCUT2D eigenvalue weighted by Crippen LogP contribution is -2.09. The summed E-state index contributed by atoms with van der Waals surface area (Å²) in [5.74, 6) is 0.593. The van der Waals surface area contributed by atoms with Crippen molar-refractivity contribution >= 4 is 26.8 Å². The maximum Gasteiger partial charge on any atom is 0.259 e. The molecule has 102 valence electrons. The van der Waals surface area contributed by atoms with E-state index in [-0.39, 0.29) is 5.56 Å². The van der Waals surface area contributed by atoms with Gasteiger partial charge in [-0.2, -0.15) is 0 Å². The van der Waals surface area contributed by atoms with Gasteiger partial charge in [0.15, 0.2) is 0 Å². The molecule has 0 saturated heterocycles. The Morgan fingerprint density at radius 2 is 1.75 bits per heavy atom. The topological polar surface area (TPSA) is 45.8 Å². The molecule has 3 rings (SSSR count). The van der Waals surface area contributed by atoms with Crippen LogP contribution in [-0.4, -0.2) is 9.97 Å². The second-order valence-corrected chi connectivity index (χ2v) is 4.86. The van der Waals surface area contributed by atoms with Crippen LogP contribution in [-0.2, 0) is 0 Å². The van der Waals surface area contributed by atoms with Gasteiger partial charge in [0, 0.05) is 10.0 Å². The van der Waals surface area contributed by atoms with Crippen LogP contribution in [0.3, 0.4) is 0 Å². The van der Waals surface area contributed by atoms with Gasteiger partial charge in [-0.1, -0.05) is 60.1 Å². The monoisotopic (exact) mass is 330 g/mol. The predicted octanol–water partition coefficient (Wildman–Crippen LogP) is 4.38. The standard InChI is InChI=1S/C14H9BrN2O.C2H6/c15-10-6-7-12-11(8-10)14(18)17-13(16-12)9-4-2-1-3-5-9;1-2/h1-8H,(H,16,17,18);1-2H3. The van der Waals surface area contributed by atoms with E-state index in [0.29, 0.717) is 16.7 Å². The van der Waals surface area contributed by atoms with Crippen molar-refractivity contribution in [1.82, 2.24) is 9.97 Å². The van der Waals surface area contributed by atoms with Crippen LogP contribution < -0.4 is 5.56 Å². The van der Waals surface area contributed by atoms with Crippen molar-refractivity contribution in [3.8, 4) is 11.4 Å². The summed E-state index contributed by atoms with van der Waals surface area (Å²) in [6.45, 7) is 4.00. The van der Waals surface area contributed by atoms with Crippen molar-refractivity contribution < 1.29 is 0 Å². The number of halogens is 1. The number of nitrogens with zero attached hydrogens (tertiary/aromatic N) is 1. The molecule has 0 saturated carbocycles. The number of aromatic amines is 1. The third kappa shape index (κ3) is 2.96. The molecule has 4 heteroatoms. The fourth-order valence-electron chi connectivity index (χ4n) is 1.84. The van der Waals surface area contributed by atoms with Crippen molar-refractivity contribution in [3.05, 3.63) is 63.4 Å². The van der Waals surface area contributed by atoms with Crippen LogP contribution in [0.4, 0.5) is 0 Å². The van der Waals surface area contributed by atoms with Crippen LogP contribution in [0.2, 0.25) is 0 Å². The van der Waals surface area contributed by atoms with E-state index in [2.05, 4.69) is 25.9 Å². The van der Waals surface area contributed by atoms with Gasteiger partial charge in [-0.15, -0.1) is 0 Å². The first-order valence-corrected chi connectivity index (χ1v) is 7.28. The minimum Gasteiger partial charge on any atom is -0.306 e. The van der Waals surface area contributed by atoms with E-state index in [4.69, 9.17) is 0 Å². The summed E-state index contributed by atoms with van der Waals surface area (Å²) in [5, 5.41) is 0.587. The van der Waals surface area contributed by atoms with Crippen LogP contribution in [0.5, 0.6) is 0 Å². The summed E-state index contributed by atoms with van der Waals surface area (Å²) in [6.07, 6.45) is 0. The van der Waals surface area contributed by atoms with Crippen molar-refractivity contribution in [2.75, 3.05) is 0 Å². The quantitative estimate of drug-likeness (QED) is 0.719. The van der Waals surface area contributed by atoms with Crippen LogP contribution in [0.15, 0.2) is 57.8 Å². The molecule has 0 aliphatic heterocycles. The number of H-pyrrole nitrogens is 1. The Morgan fingerprint density at radius 3 is 2.45 bits per heavy atom. The van der Waals surface area contributed by atoms with Crippen LogP contribution in [0.1, 0.15) is 13.8 Å². The summed E-state index contributed by atoms with van der Waals surface area (Å²) in [6, 6.07) is 15.1. The minimum atomic E-state index is -0.125. The highest BCUT2D eigenvalue weighted by atomic mass is 79.9. The zero-order valence-corrected chi connectivity index (χ0v) is 12.9. The lowest BCUT2D eigenvalue weighted by atomic mass is 10.2. The molecule has 2 aromatic carbocycles. The first kappa shape index (κ1) is 14.5. The van der Waals surface area contributed by atoms with Gasteiger partial charge in [-0.05, 0) is 18.2 Å². The average molecular weight is 331 g/mol. The van der Waals surface area contributed by atoms with Gasteiger partial charge in [0.2, 0.25) is 0 Å². The Bertz CT molecular complexity index is 766. The molecule has 0 aliphatic rings. The molecule has 1 N–H and O–H groups in total. The van der Waals surface area contributed by atoms with Crippen molar-refractivity contribution in [2.45, 2.75) is 13.8 Å². The van der Waals surface area contributed by atoms with E-state index in [1.807, 2.05) is 56.3 Å². The Balaban J connectivity index is 0.000000704. The maximum absolute atomic E-state index is 12.0. The summed E-state index contributed by atoms with van der Waals surface area (Å²) < 4.78 is 0.870. The number of nitrogens with one attached hydrogen (secondary N) is 1. The van der Waals surface area contributed by atoms with E-state index < -0.39 is 0 Å². The zero-order valence-electron chi connectivity index (χ0n) is 11.4. The number of rotatable bonds is 1. The molecule has 0 aliphatic carbocycles. The molecule has 0 amide bonds. The minimum absolute atomic E-state index is 0.125. The summed E-state index contributed by atoms with van der Waals surface area (Å²) in [7, 11) is 0. The van der Waals surface area contributed by atoms with Gasteiger partial charge in [-0.3, -0.25) is 4.79 Å². The van der Waals surface area contributed by atoms with Gasteiger partial charge >= 0.3 is 0 Å². The van der Waals surface area contributed by atoms with E-state index >= 15 is 0 Å². The Kier molecular flexibility index (Phi) is 4.69. The highest BCUT2D eigenvalue weighted by molar-refractivity contribution is 9.10. The van der Waals surface area contributed by atoms with Gasteiger partial charge in [-0.25, -0.2) is 4.98 Å². The van der Waals surface area contributed by atoms with Crippen LogP contribution in [0.25, 0.3) is 22.3 Å². The van der Waals surface area contributed by atoms with Gasteiger partial charge in [0.25, 0.3) is 5.56 Å². The van der Waals surface area contributed by atoms with Crippen LogP contribution in [0, 0.1) is 0 Å². The molecule has 1 heterocycles. The Labute approximate surface area is 125 Å². The molecule has 0 bridgehead atoms. The number of aromatic nitrogens is 2. The van der Waals surface area contributed by atoms with E-state index in [9.17, 15) is 4.79 Å². The van der Waals surface area contributed by atoms with E-state index in [1.54, 1.807) is 6.07 Å². The fourth-order valence-corrected chi connectivity index (χ4v) is 2.20. The molecule has 0 unspecified atom stereocenters. The lowest BCUT2D eigenvalue weighted by Gasteiger charge is -2.03. The number of hydrogen-bond acceptors (Lipinski definition) is 2. The third-order valence-electron chi connectivity index (χ3n) is 2.71. The Hall–Kier alpha value is -1.94. The smallest absolute Gasteiger partial charge is 0.259 e. The zero-order chi connectivity index (χ0) is 14.5. The molecule has 0 spiro atoms. The number of fused-ring (bicyclic) bond motifs is 1. The second-order valence-electron chi connectivity index (χ2n) is 3.94. The maximum atomic E-state index is 12.0. The van der Waals surface area contributed by atoms with E-state index in [1.165, 1.54) is 0 Å². The summed E-state index contributed by atoms with van der Waals surface area (Å²) in [5.41, 5.74) is 1.47. The fraction of sp³-hybridized carbons (Fsp3) is 0.125. The normalized spacial score (nSPS) is 9.95. The molecule has 0 atom stereocenters. The molecule has 20 heavy (non-hydrogen) atoms. The van der Waals surface area contributed by atoms with Crippen molar-refractivity contribution in [3.63, 3.8) is 0 Å². The molecule has 3 aromatic rings. The van der Waals surface area contributed by atoms with Gasteiger partial charge in [0.1, 0.15) is 5.82 Å². The summed E-state index contributed by atoms with van der Waals surface area (Å²) >= 11 is 3.35. The molecule has 1 aromatic heterocycles. The molecule has 0 fully saturated rings. The lowest BCUT2D eigenvalue weighted by molar-refractivity contribution is 1.18. The van der Waals surface area contributed by atoms with Gasteiger partial charge in [0.05, 0.1) is 10.9 Å².